The Morgan fingerprint density at radius 3 is 2.72 bits per heavy atom. The number of hydrogen-bond acceptors (Lipinski definition) is 3. The van der Waals surface area contributed by atoms with Gasteiger partial charge in [-0.3, -0.25) is 0 Å². The van der Waals surface area contributed by atoms with Crippen LogP contribution in [0.1, 0.15) is 64.7 Å². The molecule has 0 aromatic rings. The highest BCUT2D eigenvalue weighted by molar-refractivity contribution is 8.13. The van der Waals surface area contributed by atoms with E-state index >= 15 is 0 Å². The van der Waals surface area contributed by atoms with Gasteiger partial charge >= 0.3 is 0 Å². The molecule has 18 heavy (non-hydrogen) atoms. The van der Waals surface area contributed by atoms with Gasteiger partial charge < -0.3 is 4.74 Å². The van der Waals surface area contributed by atoms with E-state index in [1.807, 2.05) is 0 Å². The number of thioether (sulfide) groups is 1. The van der Waals surface area contributed by atoms with Gasteiger partial charge in [0.1, 0.15) is 6.10 Å². The molecule has 0 N–H and O–H groups in total. The van der Waals surface area contributed by atoms with Crippen LogP contribution in [0.15, 0.2) is 4.99 Å². The molecule has 1 heterocycles. The SMILES string of the molecule is CCSC1=NC2(CCCCC2)[C@H]2CCCC[C@H]2O1. The third kappa shape index (κ3) is 2.31. The van der Waals surface area contributed by atoms with Crippen molar-refractivity contribution in [3.63, 3.8) is 0 Å². The van der Waals surface area contributed by atoms with Gasteiger partial charge in [0.05, 0.1) is 5.54 Å². The highest BCUT2D eigenvalue weighted by Crippen LogP contribution is 2.48. The number of nitrogens with zero attached hydrogens (tertiary/aromatic N) is 1. The van der Waals surface area contributed by atoms with Crippen LogP contribution in [0, 0.1) is 5.92 Å². The Labute approximate surface area is 115 Å². The van der Waals surface area contributed by atoms with Crippen molar-refractivity contribution in [2.75, 3.05) is 5.75 Å². The van der Waals surface area contributed by atoms with Crippen LogP contribution in [0.3, 0.4) is 0 Å². The van der Waals surface area contributed by atoms with Crippen LogP contribution in [0.2, 0.25) is 0 Å². The van der Waals surface area contributed by atoms with E-state index < -0.39 is 0 Å². The van der Waals surface area contributed by atoms with Gasteiger partial charge in [-0.1, -0.05) is 44.4 Å². The molecular weight excluding hydrogens is 242 g/mol. The molecule has 3 heteroatoms. The maximum atomic E-state index is 6.17. The third-order valence-corrected chi connectivity index (χ3v) is 5.67. The molecular formula is C15H25NOS. The summed E-state index contributed by atoms with van der Waals surface area (Å²) in [5.74, 6) is 1.79. The summed E-state index contributed by atoms with van der Waals surface area (Å²) < 4.78 is 6.17. The molecule has 0 amide bonds. The first kappa shape index (κ1) is 12.8. The Morgan fingerprint density at radius 2 is 1.94 bits per heavy atom. The molecule has 0 aromatic carbocycles. The number of fused-ring (bicyclic) bond motifs is 2. The van der Waals surface area contributed by atoms with E-state index in [1.54, 1.807) is 11.8 Å². The maximum Gasteiger partial charge on any atom is 0.246 e. The Balaban J connectivity index is 1.87. The van der Waals surface area contributed by atoms with Crippen molar-refractivity contribution >= 4 is 17.0 Å². The zero-order valence-electron chi connectivity index (χ0n) is 11.5. The van der Waals surface area contributed by atoms with E-state index in [1.165, 1.54) is 57.8 Å². The maximum absolute atomic E-state index is 6.17. The number of rotatable bonds is 1. The molecule has 3 aliphatic rings. The van der Waals surface area contributed by atoms with Crippen molar-refractivity contribution in [2.45, 2.75) is 76.4 Å². The van der Waals surface area contributed by atoms with Gasteiger partial charge in [0.2, 0.25) is 5.23 Å². The normalized spacial score (nSPS) is 34.6. The predicted octanol–water partition coefficient (Wildman–Crippen LogP) is 4.39. The second-order valence-corrected chi connectivity index (χ2v) is 7.24. The summed E-state index contributed by atoms with van der Waals surface area (Å²) in [4.78, 5) is 5.10. The molecule has 1 spiro atoms. The minimum Gasteiger partial charge on any atom is -0.469 e. The largest absolute Gasteiger partial charge is 0.469 e. The lowest BCUT2D eigenvalue weighted by atomic mass is 9.66. The van der Waals surface area contributed by atoms with Crippen molar-refractivity contribution < 1.29 is 4.74 Å². The second-order valence-electron chi connectivity index (χ2n) is 6.02. The average Bonchev–Trinajstić information content (AvgIpc) is 2.40. The molecule has 102 valence electrons. The quantitative estimate of drug-likeness (QED) is 0.703. The Kier molecular flexibility index (Phi) is 3.88. The van der Waals surface area contributed by atoms with Gasteiger partial charge in [-0.25, -0.2) is 4.99 Å². The van der Waals surface area contributed by atoms with Crippen LogP contribution < -0.4 is 0 Å². The van der Waals surface area contributed by atoms with Gasteiger partial charge in [0.15, 0.2) is 0 Å². The fourth-order valence-electron chi connectivity index (χ4n) is 4.11. The number of aliphatic imine (C=N–C) groups is 1. The zero-order chi connectivity index (χ0) is 12.4. The minimum atomic E-state index is 0.263. The molecule has 2 nitrogen and oxygen atoms in total. The average molecular weight is 267 g/mol. The van der Waals surface area contributed by atoms with Crippen molar-refractivity contribution in [1.29, 1.82) is 0 Å². The van der Waals surface area contributed by atoms with Gasteiger partial charge in [-0.05, 0) is 37.9 Å². The summed E-state index contributed by atoms with van der Waals surface area (Å²) in [6.45, 7) is 2.19. The van der Waals surface area contributed by atoms with E-state index in [9.17, 15) is 0 Å². The lowest BCUT2D eigenvalue weighted by Crippen LogP contribution is -2.51. The van der Waals surface area contributed by atoms with Crippen LogP contribution in [-0.4, -0.2) is 22.6 Å². The highest BCUT2D eigenvalue weighted by Gasteiger charge is 2.48. The summed E-state index contributed by atoms with van der Waals surface area (Å²) in [5, 5.41) is 1.00. The van der Waals surface area contributed by atoms with E-state index in [0.717, 1.165) is 11.0 Å². The minimum absolute atomic E-state index is 0.263. The van der Waals surface area contributed by atoms with Gasteiger partial charge in [0.25, 0.3) is 0 Å². The summed E-state index contributed by atoms with van der Waals surface area (Å²) >= 11 is 1.80. The van der Waals surface area contributed by atoms with E-state index in [4.69, 9.17) is 9.73 Å². The van der Waals surface area contributed by atoms with Crippen molar-refractivity contribution in [3.05, 3.63) is 0 Å². The lowest BCUT2D eigenvalue weighted by Gasteiger charge is -2.49. The van der Waals surface area contributed by atoms with Crippen LogP contribution in [-0.2, 0) is 4.74 Å². The number of hydrogen-bond donors (Lipinski definition) is 0. The first-order valence-electron chi connectivity index (χ1n) is 7.73. The lowest BCUT2D eigenvalue weighted by molar-refractivity contribution is 0.00300. The zero-order valence-corrected chi connectivity index (χ0v) is 12.3. The fourth-order valence-corrected chi connectivity index (χ4v) is 4.79. The van der Waals surface area contributed by atoms with Crippen LogP contribution in [0.4, 0.5) is 0 Å². The summed E-state index contributed by atoms with van der Waals surface area (Å²) in [6, 6.07) is 0. The van der Waals surface area contributed by atoms with Crippen molar-refractivity contribution in [2.24, 2.45) is 10.9 Å². The van der Waals surface area contributed by atoms with Gasteiger partial charge in [-0.2, -0.15) is 0 Å². The summed E-state index contributed by atoms with van der Waals surface area (Å²) in [7, 11) is 0. The second kappa shape index (κ2) is 5.44. The van der Waals surface area contributed by atoms with Crippen LogP contribution in [0.5, 0.6) is 0 Å². The molecule has 0 aromatic heterocycles. The Morgan fingerprint density at radius 1 is 1.17 bits per heavy atom. The Hall–Kier alpha value is -0.180. The predicted molar refractivity (Wildman–Crippen MR) is 78.2 cm³/mol. The van der Waals surface area contributed by atoms with Crippen molar-refractivity contribution in [1.82, 2.24) is 0 Å². The van der Waals surface area contributed by atoms with Crippen LogP contribution in [0.25, 0.3) is 0 Å². The third-order valence-electron chi connectivity index (χ3n) is 4.95. The topological polar surface area (TPSA) is 21.6 Å². The van der Waals surface area contributed by atoms with Gasteiger partial charge in [-0.15, -0.1) is 0 Å². The molecule has 1 aliphatic heterocycles. The highest BCUT2D eigenvalue weighted by atomic mass is 32.2. The summed E-state index contributed by atoms with van der Waals surface area (Å²) in [5.41, 5.74) is 0.263. The molecule has 0 unspecified atom stereocenters. The molecule has 0 bridgehead atoms. The fraction of sp³-hybridized carbons (Fsp3) is 0.933. The van der Waals surface area contributed by atoms with E-state index in [2.05, 4.69) is 6.92 Å². The molecule has 0 saturated heterocycles. The van der Waals surface area contributed by atoms with Crippen molar-refractivity contribution in [3.8, 4) is 0 Å². The standard InChI is InChI=1S/C15H25NOS/c1-2-18-14-16-15(10-6-3-7-11-15)12-8-4-5-9-13(12)17-14/h12-13H,2-11H2,1H3/t12-,13+/m0/s1. The van der Waals surface area contributed by atoms with E-state index in [0.29, 0.717) is 12.0 Å². The molecule has 3 rings (SSSR count). The molecule has 2 aliphatic carbocycles. The smallest absolute Gasteiger partial charge is 0.246 e. The number of ether oxygens (including phenoxy) is 1. The monoisotopic (exact) mass is 267 g/mol. The molecule has 2 atom stereocenters. The van der Waals surface area contributed by atoms with Crippen LogP contribution >= 0.6 is 11.8 Å². The molecule has 2 fully saturated rings. The first-order chi connectivity index (χ1) is 8.84. The Bertz CT molecular complexity index is 322. The molecule has 2 saturated carbocycles. The summed E-state index contributed by atoms with van der Waals surface area (Å²) in [6.07, 6.45) is 12.6. The molecule has 0 radical (unpaired) electrons. The van der Waals surface area contributed by atoms with Gasteiger partial charge in [0, 0.05) is 5.92 Å². The first-order valence-corrected chi connectivity index (χ1v) is 8.72. The van der Waals surface area contributed by atoms with E-state index in [-0.39, 0.29) is 5.54 Å².